The lowest BCUT2D eigenvalue weighted by molar-refractivity contribution is -0.308. The van der Waals surface area contributed by atoms with Crippen molar-refractivity contribution < 1.29 is 32.5 Å². The van der Waals surface area contributed by atoms with Crippen LogP contribution in [-0.2, 0) is 23.7 Å². The van der Waals surface area contributed by atoms with E-state index in [4.69, 9.17) is 46.9 Å². The molecular formula is C32H29Cl2F2N5O5S. The number of benzene rings is 2. The lowest BCUT2D eigenvalue weighted by atomic mass is 9.78. The molecule has 3 unspecified atom stereocenters. The van der Waals surface area contributed by atoms with Crippen LogP contribution in [0.25, 0.3) is 11.3 Å². The molecule has 2 aromatic heterocycles. The Hall–Kier alpha value is -2.88. The Morgan fingerprint density at radius 2 is 1.81 bits per heavy atom. The number of hydrogen-bond acceptors (Lipinski definition) is 10. The van der Waals surface area contributed by atoms with Crippen molar-refractivity contribution >= 4 is 40.8 Å². The first-order valence-corrected chi connectivity index (χ1v) is 16.7. The predicted molar refractivity (Wildman–Crippen MR) is 169 cm³/mol. The van der Waals surface area contributed by atoms with Crippen LogP contribution in [-0.4, -0.2) is 83.7 Å². The molecule has 246 valence electrons. The number of thioether (sulfide) groups is 1. The standard InChI is InChI=1S/C32H29Cl2F2N5O5S/c1-42-28-26(41-11-22(38-39-41)18-7-20(35)25(34)21(36)8-18)27-23(12-44-30(46-27)17-5-3-2-4-6-17)45-31(28)47-24-9-19(33)10-37-29(24)40-13-32(14-40)15-43-16-32/h2-11,23,26-28,30-31H,12-16H2,1H3/t23?,26-,27-,28?,30?,31+/m0/s1. The maximum absolute atomic E-state index is 14.4. The zero-order valence-electron chi connectivity index (χ0n) is 25.0. The number of fused-ring (bicyclic) bond motifs is 1. The van der Waals surface area contributed by atoms with Crippen molar-refractivity contribution in [3.8, 4) is 11.3 Å². The van der Waals surface area contributed by atoms with E-state index in [1.165, 1.54) is 11.8 Å². The quantitative estimate of drug-likeness (QED) is 0.215. The van der Waals surface area contributed by atoms with E-state index < -0.39 is 52.7 Å². The molecule has 0 radical (unpaired) electrons. The van der Waals surface area contributed by atoms with Crippen molar-refractivity contribution in [3.63, 3.8) is 0 Å². The lowest BCUT2D eigenvalue weighted by Crippen LogP contribution is -2.66. The van der Waals surface area contributed by atoms with Gasteiger partial charge in [-0.05, 0) is 18.2 Å². The number of pyridine rings is 1. The number of hydrogen-bond donors (Lipinski definition) is 0. The summed E-state index contributed by atoms with van der Waals surface area (Å²) in [6, 6.07) is 13.1. The highest BCUT2D eigenvalue weighted by molar-refractivity contribution is 8.00. The third kappa shape index (κ3) is 5.80. The van der Waals surface area contributed by atoms with Gasteiger partial charge in [-0.15, -0.1) is 5.10 Å². The van der Waals surface area contributed by atoms with Crippen LogP contribution in [0.2, 0.25) is 10.0 Å². The summed E-state index contributed by atoms with van der Waals surface area (Å²) in [6.45, 7) is 3.43. The smallest absolute Gasteiger partial charge is 0.184 e. The first kappa shape index (κ1) is 31.4. The molecule has 6 atom stereocenters. The van der Waals surface area contributed by atoms with E-state index in [-0.39, 0.29) is 23.3 Å². The van der Waals surface area contributed by atoms with Gasteiger partial charge in [-0.3, -0.25) is 0 Å². The zero-order valence-corrected chi connectivity index (χ0v) is 27.3. The fraction of sp³-hybridized carbons (Fsp3) is 0.406. The summed E-state index contributed by atoms with van der Waals surface area (Å²) in [5, 5.41) is 8.59. The molecule has 4 saturated heterocycles. The van der Waals surface area contributed by atoms with E-state index in [1.807, 2.05) is 36.4 Å². The molecule has 0 amide bonds. The SMILES string of the molecule is COC1[C@@H](Sc2cc(Cl)cnc2N2CC3(COC3)C2)OC2COC(c3ccccc3)O[C@@H]2[C@@H]1n1cc(-c2cc(F)c(Cl)c(F)c2)nn1. The molecule has 1 spiro atoms. The van der Waals surface area contributed by atoms with Crippen LogP contribution in [0, 0.1) is 17.0 Å². The van der Waals surface area contributed by atoms with Gasteiger partial charge >= 0.3 is 0 Å². The van der Waals surface area contributed by atoms with E-state index in [0.29, 0.717) is 5.02 Å². The number of methoxy groups -OCH3 is 1. The first-order valence-electron chi connectivity index (χ1n) is 15.0. The molecule has 0 bridgehead atoms. The van der Waals surface area contributed by atoms with E-state index in [9.17, 15) is 8.78 Å². The minimum atomic E-state index is -0.893. The van der Waals surface area contributed by atoms with Crippen molar-refractivity contribution in [3.05, 3.63) is 88.2 Å². The van der Waals surface area contributed by atoms with Gasteiger partial charge in [0, 0.05) is 37.5 Å². The second-order valence-electron chi connectivity index (χ2n) is 12.2. The lowest BCUT2D eigenvalue weighted by Gasteiger charge is -2.55. The van der Waals surface area contributed by atoms with Gasteiger partial charge in [-0.25, -0.2) is 18.4 Å². The van der Waals surface area contributed by atoms with Gasteiger partial charge in [0.15, 0.2) is 6.29 Å². The fourth-order valence-electron chi connectivity index (χ4n) is 6.60. The maximum Gasteiger partial charge on any atom is 0.184 e. The maximum atomic E-state index is 14.4. The van der Waals surface area contributed by atoms with E-state index >= 15 is 0 Å². The van der Waals surface area contributed by atoms with Gasteiger partial charge in [-0.2, -0.15) is 0 Å². The number of halogens is 4. The minimum Gasteiger partial charge on any atom is -0.380 e. The molecular weight excluding hydrogens is 675 g/mol. The molecule has 4 aliphatic rings. The number of aromatic nitrogens is 4. The van der Waals surface area contributed by atoms with Gasteiger partial charge in [0.05, 0.1) is 41.4 Å². The second kappa shape index (κ2) is 12.5. The highest BCUT2D eigenvalue weighted by Gasteiger charge is 2.53. The van der Waals surface area contributed by atoms with Crippen LogP contribution >= 0.6 is 35.0 Å². The summed E-state index contributed by atoms with van der Waals surface area (Å²) in [6.07, 6.45) is 0.867. The topological polar surface area (TPSA) is 93.0 Å². The molecule has 15 heteroatoms. The molecule has 0 saturated carbocycles. The molecule has 8 rings (SSSR count). The summed E-state index contributed by atoms with van der Waals surface area (Å²) in [5.74, 6) is -0.976. The molecule has 2 aromatic carbocycles. The highest BCUT2D eigenvalue weighted by atomic mass is 35.5. The summed E-state index contributed by atoms with van der Waals surface area (Å²) >= 11 is 13.6. The Morgan fingerprint density at radius 1 is 1.04 bits per heavy atom. The van der Waals surface area contributed by atoms with E-state index in [1.54, 1.807) is 24.2 Å². The van der Waals surface area contributed by atoms with Crippen LogP contribution in [0.1, 0.15) is 17.9 Å². The van der Waals surface area contributed by atoms with Crippen molar-refractivity contribution in [2.24, 2.45) is 5.41 Å². The van der Waals surface area contributed by atoms with Crippen LogP contribution in [0.5, 0.6) is 0 Å². The van der Waals surface area contributed by atoms with Gasteiger partial charge < -0.3 is 28.6 Å². The number of rotatable bonds is 7. The van der Waals surface area contributed by atoms with E-state index in [0.717, 1.165) is 54.7 Å². The predicted octanol–water partition coefficient (Wildman–Crippen LogP) is 5.95. The summed E-state index contributed by atoms with van der Waals surface area (Å²) in [7, 11) is 1.59. The Kier molecular flexibility index (Phi) is 8.37. The molecule has 4 aliphatic heterocycles. The monoisotopic (exact) mass is 703 g/mol. The average Bonchev–Trinajstić information content (AvgIpc) is 3.52. The highest BCUT2D eigenvalue weighted by Crippen LogP contribution is 2.48. The number of ether oxygens (including phenoxy) is 5. The van der Waals surface area contributed by atoms with Crippen molar-refractivity contribution in [1.29, 1.82) is 0 Å². The first-order chi connectivity index (χ1) is 22.8. The summed E-state index contributed by atoms with van der Waals surface area (Å²) < 4.78 is 61.4. The van der Waals surface area contributed by atoms with Crippen LogP contribution in [0.4, 0.5) is 14.6 Å². The van der Waals surface area contributed by atoms with Crippen LogP contribution in [0.15, 0.2) is 65.8 Å². The third-order valence-corrected chi connectivity index (χ3v) is 10.7. The Labute approximate surface area is 283 Å². The van der Waals surface area contributed by atoms with E-state index in [2.05, 4.69) is 20.2 Å². The molecule has 4 fully saturated rings. The molecule has 0 aliphatic carbocycles. The van der Waals surface area contributed by atoms with Gasteiger partial charge in [0.25, 0.3) is 0 Å². The average molecular weight is 705 g/mol. The molecule has 10 nitrogen and oxygen atoms in total. The second-order valence-corrected chi connectivity index (χ2v) is 14.1. The van der Waals surface area contributed by atoms with Crippen molar-refractivity contribution in [1.82, 2.24) is 20.0 Å². The Morgan fingerprint density at radius 3 is 2.51 bits per heavy atom. The van der Waals surface area contributed by atoms with Crippen LogP contribution in [0.3, 0.4) is 0 Å². The van der Waals surface area contributed by atoms with Gasteiger partial charge in [0.2, 0.25) is 0 Å². The minimum absolute atomic E-state index is 0.185. The largest absolute Gasteiger partial charge is 0.380 e. The molecule has 47 heavy (non-hydrogen) atoms. The van der Waals surface area contributed by atoms with Gasteiger partial charge in [-0.1, -0.05) is 70.5 Å². The van der Waals surface area contributed by atoms with Gasteiger partial charge in [0.1, 0.15) is 58.0 Å². The normalized spacial score (nSPS) is 28.1. The van der Waals surface area contributed by atoms with Crippen LogP contribution < -0.4 is 4.90 Å². The summed E-state index contributed by atoms with van der Waals surface area (Å²) in [4.78, 5) is 7.74. The number of nitrogens with zero attached hydrogens (tertiary/aromatic N) is 5. The molecule has 4 aromatic rings. The fourth-order valence-corrected chi connectivity index (χ4v) is 8.27. The van der Waals surface area contributed by atoms with Crippen molar-refractivity contribution in [2.45, 2.75) is 41.0 Å². The Balaban J connectivity index is 1.13. The molecule has 6 heterocycles. The van der Waals surface area contributed by atoms with Crippen molar-refractivity contribution in [2.75, 3.05) is 44.9 Å². The zero-order chi connectivity index (χ0) is 32.3. The number of anilines is 1. The Bertz CT molecular complexity index is 1750. The third-order valence-electron chi connectivity index (χ3n) is 8.96. The molecule has 0 N–H and O–H groups in total. The summed E-state index contributed by atoms with van der Waals surface area (Å²) in [5.41, 5.74) is 0.894.